The van der Waals surface area contributed by atoms with E-state index in [1.807, 2.05) is 29.3 Å². The van der Waals surface area contributed by atoms with Crippen molar-refractivity contribution in [3.05, 3.63) is 22.4 Å². The first-order valence-electron chi connectivity index (χ1n) is 7.25. The van der Waals surface area contributed by atoms with Crippen LogP contribution >= 0.6 is 11.3 Å². The number of nitrogens with zero attached hydrogens (tertiary/aromatic N) is 2. The number of hydrogen-bond donors (Lipinski definition) is 0. The summed E-state index contributed by atoms with van der Waals surface area (Å²) >= 11 is 1.58. The molecule has 6 heteroatoms. The molecule has 0 aliphatic carbocycles. The molecule has 1 aromatic rings. The monoisotopic (exact) mass is 308 g/mol. The highest BCUT2D eigenvalue weighted by Gasteiger charge is 2.45. The third-order valence-electron chi connectivity index (χ3n) is 4.45. The Balaban J connectivity index is 1.71. The fourth-order valence-electron chi connectivity index (χ4n) is 3.23. The number of thiophene rings is 1. The topological polar surface area (TPSA) is 49.9 Å². The minimum absolute atomic E-state index is 0.0406. The Morgan fingerprint density at radius 2 is 2.29 bits per heavy atom. The average Bonchev–Trinajstić information content (AvgIpc) is 3.11. The summed E-state index contributed by atoms with van der Waals surface area (Å²) in [5.41, 5.74) is 0. The lowest BCUT2D eigenvalue weighted by Gasteiger charge is -2.41. The van der Waals surface area contributed by atoms with Crippen molar-refractivity contribution < 1.29 is 14.3 Å². The van der Waals surface area contributed by atoms with E-state index in [9.17, 15) is 9.59 Å². The summed E-state index contributed by atoms with van der Waals surface area (Å²) in [5.74, 6) is 0.0872. The molecule has 21 heavy (non-hydrogen) atoms. The average molecular weight is 308 g/mol. The second-order valence-corrected chi connectivity index (χ2v) is 6.75. The number of hydrogen-bond acceptors (Lipinski definition) is 4. The molecule has 0 N–H and O–H groups in total. The summed E-state index contributed by atoms with van der Waals surface area (Å²) < 4.78 is 5.37. The van der Waals surface area contributed by atoms with E-state index in [-0.39, 0.29) is 30.0 Å². The van der Waals surface area contributed by atoms with Gasteiger partial charge in [-0.1, -0.05) is 6.07 Å². The van der Waals surface area contributed by atoms with Crippen molar-refractivity contribution in [2.75, 3.05) is 20.2 Å². The van der Waals surface area contributed by atoms with Crippen LogP contribution in [0.4, 0.5) is 0 Å². The Kier molecular flexibility index (Phi) is 3.99. The van der Waals surface area contributed by atoms with E-state index < -0.39 is 0 Å². The number of carbonyl (C=O) groups is 2. The van der Waals surface area contributed by atoms with Gasteiger partial charge >= 0.3 is 0 Å². The first kappa shape index (κ1) is 14.5. The van der Waals surface area contributed by atoms with Crippen molar-refractivity contribution in [3.63, 3.8) is 0 Å². The number of amides is 2. The number of ether oxygens (including phenoxy) is 1. The quantitative estimate of drug-likeness (QED) is 0.841. The van der Waals surface area contributed by atoms with E-state index >= 15 is 0 Å². The maximum Gasteiger partial charge on any atom is 0.245 e. The van der Waals surface area contributed by atoms with Gasteiger partial charge in [0.2, 0.25) is 11.8 Å². The molecule has 0 aromatic carbocycles. The summed E-state index contributed by atoms with van der Waals surface area (Å²) in [6.07, 6.45) is 1.30. The molecule has 3 heterocycles. The molecule has 3 atom stereocenters. The van der Waals surface area contributed by atoms with Crippen LogP contribution in [-0.2, 0) is 20.7 Å². The van der Waals surface area contributed by atoms with Crippen molar-refractivity contribution in [1.82, 2.24) is 9.80 Å². The highest BCUT2D eigenvalue weighted by Crippen LogP contribution is 2.28. The molecule has 2 fully saturated rings. The molecule has 2 aliphatic heterocycles. The summed E-state index contributed by atoms with van der Waals surface area (Å²) in [5, 5.41) is 1.97. The summed E-state index contributed by atoms with van der Waals surface area (Å²) in [4.78, 5) is 29.6. The minimum Gasteiger partial charge on any atom is -0.380 e. The van der Waals surface area contributed by atoms with E-state index in [0.29, 0.717) is 19.5 Å². The number of piperazine rings is 1. The predicted octanol–water partition coefficient (Wildman–Crippen LogP) is 1.14. The van der Waals surface area contributed by atoms with Gasteiger partial charge in [-0.05, 0) is 24.8 Å². The van der Waals surface area contributed by atoms with Crippen LogP contribution in [0.3, 0.4) is 0 Å². The number of rotatable bonds is 3. The standard InChI is InChI=1S/C15H20N2O3S/c1-10-15(19)17-9-12(20-2)6-11(17)8-16(10)14(18)7-13-4-3-5-21-13/h3-5,10-12H,6-9H2,1-2H3/t10-,11-,12-/m0/s1. The van der Waals surface area contributed by atoms with Crippen molar-refractivity contribution >= 4 is 23.2 Å². The molecule has 2 aliphatic rings. The molecule has 0 saturated carbocycles. The Hall–Kier alpha value is -1.40. The summed E-state index contributed by atoms with van der Waals surface area (Å²) in [6.45, 7) is 3.10. The second-order valence-electron chi connectivity index (χ2n) is 5.72. The fraction of sp³-hybridized carbons (Fsp3) is 0.600. The molecule has 3 rings (SSSR count). The van der Waals surface area contributed by atoms with Gasteiger partial charge in [0.15, 0.2) is 0 Å². The number of carbonyl (C=O) groups excluding carboxylic acids is 2. The van der Waals surface area contributed by atoms with Crippen LogP contribution in [0.5, 0.6) is 0 Å². The van der Waals surface area contributed by atoms with Gasteiger partial charge in [-0.25, -0.2) is 0 Å². The van der Waals surface area contributed by atoms with Crippen LogP contribution in [0.15, 0.2) is 17.5 Å². The first-order chi connectivity index (χ1) is 10.1. The lowest BCUT2D eigenvalue weighted by Crippen LogP contribution is -2.60. The number of methoxy groups -OCH3 is 1. The zero-order valence-corrected chi connectivity index (χ0v) is 13.1. The van der Waals surface area contributed by atoms with Crippen LogP contribution in [0.1, 0.15) is 18.2 Å². The van der Waals surface area contributed by atoms with E-state index in [2.05, 4.69) is 0 Å². The van der Waals surface area contributed by atoms with Gasteiger partial charge in [-0.2, -0.15) is 0 Å². The third kappa shape index (κ3) is 2.70. The Morgan fingerprint density at radius 1 is 1.48 bits per heavy atom. The van der Waals surface area contributed by atoms with Gasteiger partial charge in [0, 0.05) is 25.1 Å². The summed E-state index contributed by atoms with van der Waals surface area (Å²) in [6, 6.07) is 3.64. The Labute approximate surface area is 128 Å². The molecule has 0 bridgehead atoms. The summed E-state index contributed by atoms with van der Waals surface area (Å²) in [7, 11) is 1.68. The number of fused-ring (bicyclic) bond motifs is 1. The fourth-order valence-corrected chi connectivity index (χ4v) is 3.92. The minimum atomic E-state index is -0.371. The van der Waals surface area contributed by atoms with Gasteiger partial charge in [0.1, 0.15) is 6.04 Å². The molecule has 0 unspecified atom stereocenters. The lowest BCUT2D eigenvalue weighted by molar-refractivity contribution is -0.152. The van der Waals surface area contributed by atoms with Crippen molar-refractivity contribution in [1.29, 1.82) is 0 Å². The normalized spacial score (nSPS) is 28.9. The van der Waals surface area contributed by atoms with E-state index in [1.54, 1.807) is 23.3 Å². The van der Waals surface area contributed by atoms with Crippen LogP contribution < -0.4 is 0 Å². The third-order valence-corrected chi connectivity index (χ3v) is 5.33. The van der Waals surface area contributed by atoms with Crippen LogP contribution in [0.25, 0.3) is 0 Å². The largest absolute Gasteiger partial charge is 0.380 e. The molecule has 0 spiro atoms. The van der Waals surface area contributed by atoms with Gasteiger partial charge in [0.05, 0.1) is 18.6 Å². The maximum atomic E-state index is 12.5. The van der Waals surface area contributed by atoms with Crippen LogP contribution in [-0.4, -0.2) is 60.0 Å². The molecular formula is C15H20N2O3S. The highest BCUT2D eigenvalue weighted by molar-refractivity contribution is 7.10. The smallest absolute Gasteiger partial charge is 0.245 e. The lowest BCUT2D eigenvalue weighted by atomic mass is 10.1. The van der Waals surface area contributed by atoms with Crippen molar-refractivity contribution in [2.45, 2.75) is 38.0 Å². The second kappa shape index (κ2) is 5.77. The van der Waals surface area contributed by atoms with Crippen molar-refractivity contribution in [3.8, 4) is 0 Å². The maximum absolute atomic E-state index is 12.5. The highest BCUT2D eigenvalue weighted by atomic mass is 32.1. The van der Waals surface area contributed by atoms with Crippen LogP contribution in [0.2, 0.25) is 0 Å². The molecule has 1 aromatic heterocycles. The van der Waals surface area contributed by atoms with E-state index in [4.69, 9.17) is 4.74 Å². The Bertz CT molecular complexity index is 531. The zero-order chi connectivity index (χ0) is 15.0. The predicted molar refractivity (Wildman–Crippen MR) is 80.1 cm³/mol. The van der Waals surface area contributed by atoms with Gasteiger partial charge in [0.25, 0.3) is 0 Å². The Morgan fingerprint density at radius 3 is 2.95 bits per heavy atom. The molecule has 2 amide bonds. The SMILES string of the molecule is CO[C@H]1C[C@H]2CN(C(=O)Cc3cccs3)[C@@H](C)C(=O)N2C1. The van der Waals surface area contributed by atoms with Gasteiger partial charge < -0.3 is 14.5 Å². The van der Waals surface area contributed by atoms with E-state index in [1.165, 1.54) is 0 Å². The first-order valence-corrected chi connectivity index (χ1v) is 8.13. The van der Waals surface area contributed by atoms with Gasteiger partial charge in [-0.3, -0.25) is 9.59 Å². The van der Waals surface area contributed by atoms with E-state index in [0.717, 1.165) is 11.3 Å². The molecular weight excluding hydrogens is 288 g/mol. The molecule has 0 radical (unpaired) electrons. The molecule has 114 valence electrons. The zero-order valence-electron chi connectivity index (χ0n) is 12.3. The van der Waals surface area contributed by atoms with Gasteiger partial charge in [-0.15, -0.1) is 11.3 Å². The molecule has 5 nitrogen and oxygen atoms in total. The van der Waals surface area contributed by atoms with Crippen LogP contribution in [0, 0.1) is 0 Å². The molecule has 2 saturated heterocycles. The van der Waals surface area contributed by atoms with Crippen molar-refractivity contribution in [2.24, 2.45) is 0 Å².